The van der Waals surface area contributed by atoms with Crippen molar-refractivity contribution in [3.05, 3.63) is 40.0 Å². The minimum Gasteiger partial charge on any atom is -0.507 e. The van der Waals surface area contributed by atoms with E-state index in [0.29, 0.717) is 30.7 Å². The van der Waals surface area contributed by atoms with Crippen LogP contribution < -0.4 is 0 Å². The third-order valence-electron chi connectivity index (χ3n) is 6.98. The van der Waals surface area contributed by atoms with Gasteiger partial charge in [-0.1, -0.05) is 32.9 Å². The number of rotatable bonds is 3. The van der Waals surface area contributed by atoms with Gasteiger partial charge >= 0.3 is 0 Å². The van der Waals surface area contributed by atoms with Gasteiger partial charge in [0.15, 0.2) is 0 Å². The Bertz CT molecular complexity index is 795. The van der Waals surface area contributed by atoms with Crippen molar-refractivity contribution in [1.82, 2.24) is 4.90 Å². The summed E-state index contributed by atoms with van der Waals surface area (Å²) in [5.74, 6) is 1.28. The van der Waals surface area contributed by atoms with Crippen LogP contribution >= 0.6 is 0 Å². The lowest BCUT2D eigenvalue weighted by Gasteiger charge is -2.47. The molecule has 2 atom stereocenters. The second kappa shape index (κ2) is 6.12. The molecule has 3 aliphatic rings. The summed E-state index contributed by atoms with van der Waals surface area (Å²) in [7, 11) is 0. The smallest absolute Gasteiger partial charge is 0.250 e. The number of phenols is 1. The predicted molar refractivity (Wildman–Crippen MR) is 101 cm³/mol. The third-order valence-corrected chi connectivity index (χ3v) is 6.98. The van der Waals surface area contributed by atoms with E-state index in [2.05, 4.69) is 32.9 Å². The van der Waals surface area contributed by atoms with E-state index in [0.717, 1.165) is 42.4 Å². The molecule has 4 nitrogen and oxygen atoms in total. The summed E-state index contributed by atoms with van der Waals surface area (Å²) >= 11 is 0. The fraction of sp³-hybridized carbons (Fsp3) is 0.591. The van der Waals surface area contributed by atoms with Gasteiger partial charge in [0.05, 0.1) is 6.61 Å². The highest BCUT2D eigenvalue weighted by Gasteiger charge is 2.49. The zero-order chi connectivity index (χ0) is 18.6. The van der Waals surface area contributed by atoms with Gasteiger partial charge in [0, 0.05) is 18.7 Å². The maximum absolute atomic E-state index is 12.6. The summed E-state index contributed by atoms with van der Waals surface area (Å²) in [4.78, 5) is 14.4. The topological polar surface area (TPSA) is 60.8 Å². The van der Waals surface area contributed by atoms with Crippen LogP contribution in [0.25, 0.3) is 0 Å². The van der Waals surface area contributed by atoms with Gasteiger partial charge in [0.25, 0.3) is 0 Å². The first-order chi connectivity index (χ1) is 12.4. The molecule has 0 fully saturated rings. The van der Waals surface area contributed by atoms with E-state index < -0.39 is 0 Å². The van der Waals surface area contributed by atoms with Crippen LogP contribution in [0.5, 0.6) is 5.75 Å². The van der Waals surface area contributed by atoms with Gasteiger partial charge < -0.3 is 15.1 Å². The number of phenolic OH excluding ortho intramolecular Hbond substituents is 1. The summed E-state index contributed by atoms with van der Waals surface area (Å²) in [5, 5.41) is 20.1. The molecule has 1 amide bonds. The lowest BCUT2D eigenvalue weighted by molar-refractivity contribution is -0.126. The van der Waals surface area contributed by atoms with Crippen LogP contribution in [0.15, 0.2) is 23.3 Å². The monoisotopic (exact) mass is 355 g/mol. The fourth-order valence-corrected chi connectivity index (χ4v) is 5.55. The normalized spacial score (nSPS) is 27.7. The number of carbonyl (C=O) groups excluding carboxylic acids is 1. The highest BCUT2D eigenvalue weighted by molar-refractivity contribution is 5.97. The fourth-order valence-electron chi connectivity index (χ4n) is 5.55. The molecular weight excluding hydrogens is 326 g/mol. The van der Waals surface area contributed by atoms with Gasteiger partial charge in [0.1, 0.15) is 5.75 Å². The van der Waals surface area contributed by atoms with E-state index in [4.69, 9.17) is 0 Å². The van der Waals surface area contributed by atoms with Crippen LogP contribution in [0.4, 0.5) is 0 Å². The van der Waals surface area contributed by atoms with Crippen molar-refractivity contribution in [1.29, 1.82) is 0 Å². The van der Waals surface area contributed by atoms with Gasteiger partial charge in [0.2, 0.25) is 5.91 Å². The van der Waals surface area contributed by atoms with Crippen LogP contribution in [0.3, 0.4) is 0 Å². The molecule has 140 valence electrons. The number of β-amino-alcohol motifs (C(OH)–C–C–N with tert-alkyl or cyclic N) is 1. The Balaban J connectivity index is 1.75. The Labute approximate surface area is 155 Å². The lowest BCUT2D eigenvalue weighted by atomic mass is 9.56. The van der Waals surface area contributed by atoms with Gasteiger partial charge in [-0.2, -0.15) is 0 Å². The van der Waals surface area contributed by atoms with Crippen molar-refractivity contribution >= 4 is 5.91 Å². The quantitative estimate of drug-likeness (QED) is 0.875. The van der Waals surface area contributed by atoms with Crippen molar-refractivity contribution in [2.75, 3.05) is 19.7 Å². The lowest BCUT2D eigenvalue weighted by Crippen LogP contribution is -2.41. The number of aliphatic hydroxyl groups is 1. The molecule has 2 N–H and O–H groups in total. The largest absolute Gasteiger partial charge is 0.507 e. The van der Waals surface area contributed by atoms with E-state index in [1.54, 1.807) is 4.90 Å². The number of benzene rings is 1. The molecule has 0 radical (unpaired) electrons. The molecule has 1 aromatic rings. The van der Waals surface area contributed by atoms with E-state index in [9.17, 15) is 15.0 Å². The maximum atomic E-state index is 12.6. The SMILES string of the molecule is CC(C)c1ccc2c(c1O)CC[C@H]1C3=C(CC[C@]21C)C(=O)N(CCO)C3. The number of fused-ring (bicyclic) bond motifs is 4. The summed E-state index contributed by atoms with van der Waals surface area (Å²) in [6, 6.07) is 4.32. The van der Waals surface area contributed by atoms with Crippen molar-refractivity contribution in [2.24, 2.45) is 5.92 Å². The van der Waals surface area contributed by atoms with Crippen LogP contribution in [0.1, 0.15) is 62.6 Å². The molecular formula is C22H29NO3. The summed E-state index contributed by atoms with van der Waals surface area (Å²) in [6.07, 6.45) is 3.60. The second-order valence-electron chi connectivity index (χ2n) is 8.65. The molecule has 26 heavy (non-hydrogen) atoms. The van der Waals surface area contributed by atoms with Gasteiger partial charge in [-0.25, -0.2) is 0 Å². The maximum Gasteiger partial charge on any atom is 0.250 e. The second-order valence-corrected chi connectivity index (χ2v) is 8.65. The van der Waals surface area contributed by atoms with Crippen molar-refractivity contribution in [3.8, 4) is 5.75 Å². The molecule has 1 aromatic carbocycles. The molecule has 0 spiro atoms. The zero-order valence-corrected chi connectivity index (χ0v) is 16.0. The average Bonchev–Trinajstić information content (AvgIpc) is 2.91. The number of amides is 1. The Morgan fingerprint density at radius 2 is 2.08 bits per heavy atom. The van der Waals surface area contributed by atoms with Crippen LogP contribution in [-0.2, 0) is 16.6 Å². The Morgan fingerprint density at radius 3 is 2.77 bits per heavy atom. The molecule has 4 rings (SSSR count). The molecule has 0 unspecified atom stereocenters. The highest BCUT2D eigenvalue weighted by Crippen LogP contribution is 2.55. The molecule has 1 aliphatic heterocycles. The van der Waals surface area contributed by atoms with E-state index >= 15 is 0 Å². The first-order valence-corrected chi connectivity index (χ1v) is 9.85. The van der Waals surface area contributed by atoms with E-state index in [1.165, 1.54) is 11.1 Å². The summed E-state index contributed by atoms with van der Waals surface area (Å²) in [5.41, 5.74) is 5.69. The Morgan fingerprint density at radius 1 is 1.31 bits per heavy atom. The predicted octanol–water partition coefficient (Wildman–Crippen LogP) is 3.26. The summed E-state index contributed by atoms with van der Waals surface area (Å²) in [6.45, 7) is 7.65. The number of nitrogens with zero attached hydrogens (tertiary/aromatic N) is 1. The molecule has 0 saturated heterocycles. The van der Waals surface area contributed by atoms with Crippen molar-refractivity contribution in [3.63, 3.8) is 0 Å². The number of hydrogen-bond donors (Lipinski definition) is 2. The first kappa shape index (κ1) is 17.6. The molecule has 0 aromatic heterocycles. The van der Waals surface area contributed by atoms with Crippen molar-refractivity contribution in [2.45, 2.75) is 57.8 Å². The summed E-state index contributed by atoms with van der Waals surface area (Å²) < 4.78 is 0. The molecule has 0 bridgehead atoms. The first-order valence-electron chi connectivity index (χ1n) is 9.85. The Kier molecular flexibility index (Phi) is 4.14. The van der Waals surface area contributed by atoms with E-state index in [-0.39, 0.29) is 17.9 Å². The van der Waals surface area contributed by atoms with Crippen LogP contribution in [-0.4, -0.2) is 40.7 Å². The minimum atomic E-state index is -0.0189. The molecule has 4 heteroatoms. The highest BCUT2D eigenvalue weighted by atomic mass is 16.3. The van der Waals surface area contributed by atoms with Crippen molar-refractivity contribution < 1.29 is 15.0 Å². The average molecular weight is 355 g/mol. The Hall–Kier alpha value is -1.81. The number of aromatic hydroxyl groups is 1. The number of aliphatic hydroxyl groups excluding tert-OH is 1. The zero-order valence-electron chi connectivity index (χ0n) is 16.0. The number of hydrogen-bond acceptors (Lipinski definition) is 3. The standard InChI is InChI=1S/C22H29NO3/c1-13(2)14-4-6-18-16(20(14)25)5-7-19-17-12-23(10-11-24)21(26)15(17)8-9-22(18,19)3/h4,6,13,19,24-25H,5,7-12H2,1-3H3/t19-,22+/m0/s1. The molecule has 1 heterocycles. The van der Waals surface area contributed by atoms with Crippen LogP contribution in [0.2, 0.25) is 0 Å². The molecule has 2 aliphatic carbocycles. The van der Waals surface area contributed by atoms with Gasteiger partial charge in [-0.15, -0.1) is 0 Å². The van der Waals surface area contributed by atoms with Crippen LogP contribution in [0, 0.1) is 5.92 Å². The van der Waals surface area contributed by atoms with Gasteiger partial charge in [-0.05, 0) is 65.2 Å². The molecule has 0 saturated carbocycles. The third kappa shape index (κ3) is 2.34. The minimum absolute atomic E-state index is 0.0168. The van der Waals surface area contributed by atoms with Gasteiger partial charge in [-0.3, -0.25) is 4.79 Å². The number of carbonyl (C=O) groups is 1. The van der Waals surface area contributed by atoms with E-state index in [1.807, 2.05) is 0 Å².